The van der Waals surface area contributed by atoms with Crippen LogP contribution in [0.15, 0.2) is 23.8 Å². The van der Waals surface area contributed by atoms with Crippen molar-refractivity contribution in [3.05, 3.63) is 23.8 Å². The highest BCUT2D eigenvalue weighted by Crippen LogP contribution is 2.43. The third-order valence-corrected chi connectivity index (χ3v) is 3.27. The molecule has 0 aliphatic heterocycles. The van der Waals surface area contributed by atoms with E-state index in [1.807, 2.05) is 0 Å². The summed E-state index contributed by atoms with van der Waals surface area (Å²) in [7, 11) is 0. The predicted molar refractivity (Wildman–Crippen MR) is 49.8 cm³/mol. The summed E-state index contributed by atoms with van der Waals surface area (Å²) < 4.78 is 0. The molecule has 2 aliphatic rings. The smallest absolute Gasteiger partial charge is 0.0665 e. The lowest BCUT2D eigenvalue weighted by atomic mass is 9.67. The molecule has 2 aliphatic carbocycles. The zero-order valence-corrected chi connectivity index (χ0v) is 7.59. The number of hydrogen-bond donors (Lipinski definition) is 1. The molecule has 0 spiro atoms. The van der Waals surface area contributed by atoms with Crippen LogP contribution in [-0.4, -0.2) is 11.2 Å². The topological polar surface area (TPSA) is 20.2 Å². The van der Waals surface area contributed by atoms with Crippen molar-refractivity contribution in [1.29, 1.82) is 0 Å². The summed E-state index contributed by atoms with van der Waals surface area (Å²) in [4.78, 5) is 0. The molecule has 1 nitrogen and oxygen atoms in total. The summed E-state index contributed by atoms with van der Waals surface area (Å²) >= 11 is 0. The van der Waals surface area contributed by atoms with Gasteiger partial charge in [-0.15, -0.1) is 0 Å². The van der Waals surface area contributed by atoms with Gasteiger partial charge in [0.2, 0.25) is 0 Å². The van der Waals surface area contributed by atoms with Crippen molar-refractivity contribution in [3.8, 4) is 0 Å². The highest BCUT2D eigenvalue weighted by atomic mass is 16.3. The van der Waals surface area contributed by atoms with Crippen LogP contribution in [0.1, 0.15) is 32.6 Å². The van der Waals surface area contributed by atoms with Crippen molar-refractivity contribution in [2.45, 2.75) is 38.7 Å². The first kappa shape index (κ1) is 8.06. The van der Waals surface area contributed by atoms with E-state index in [1.54, 1.807) is 0 Å². The van der Waals surface area contributed by atoms with Crippen LogP contribution >= 0.6 is 0 Å². The zero-order valence-electron chi connectivity index (χ0n) is 7.59. The monoisotopic (exact) mass is 164 g/mol. The summed E-state index contributed by atoms with van der Waals surface area (Å²) in [6.07, 6.45) is 10.8. The average molecular weight is 164 g/mol. The highest BCUT2D eigenvalue weighted by molar-refractivity contribution is 5.29. The molecule has 1 heteroatoms. The molecule has 1 N–H and O–H groups in total. The van der Waals surface area contributed by atoms with Crippen molar-refractivity contribution < 1.29 is 5.11 Å². The largest absolute Gasteiger partial charge is 0.392 e. The van der Waals surface area contributed by atoms with E-state index in [9.17, 15) is 5.11 Å². The van der Waals surface area contributed by atoms with Gasteiger partial charge in [0.15, 0.2) is 0 Å². The summed E-state index contributed by atoms with van der Waals surface area (Å²) in [5.74, 6) is 0. The van der Waals surface area contributed by atoms with E-state index in [1.165, 1.54) is 12.0 Å². The second kappa shape index (κ2) is 2.74. The molecule has 0 aromatic carbocycles. The van der Waals surface area contributed by atoms with Crippen LogP contribution in [0.25, 0.3) is 0 Å². The number of rotatable bonds is 0. The van der Waals surface area contributed by atoms with E-state index < -0.39 is 0 Å². The lowest BCUT2D eigenvalue weighted by molar-refractivity contribution is 0.0642. The van der Waals surface area contributed by atoms with E-state index in [0.717, 1.165) is 19.3 Å². The molecule has 0 unspecified atom stereocenters. The maximum atomic E-state index is 9.87. The van der Waals surface area contributed by atoms with Crippen molar-refractivity contribution in [2.24, 2.45) is 5.41 Å². The maximum absolute atomic E-state index is 9.87. The molecular formula is C11H16O. The van der Waals surface area contributed by atoms with E-state index in [2.05, 4.69) is 25.2 Å². The molecule has 12 heavy (non-hydrogen) atoms. The Kier molecular flexibility index (Phi) is 1.84. The summed E-state index contributed by atoms with van der Waals surface area (Å²) in [6.45, 7) is 2.15. The second-order valence-electron chi connectivity index (χ2n) is 4.06. The van der Waals surface area contributed by atoms with Gasteiger partial charge in [0.1, 0.15) is 0 Å². The lowest BCUT2D eigenvalue weighted by Crippen LogP contribution is -2.36. The van der Waals surface area contributed by atoms with Crippen LogP contribution in [0.4, 0.5) is 0 Å². The molecule has 0 bridgehead atoms. The Morgan fingerprint density at radius 3 is 3.17 bits per heavy atom. The van der Waals surface area contributed by atoms with Gasteiger partial charge in [-0.3, -0.25) is 0 Å². The van der Waals surface area contributed by atoms with Gasteiger partial charge < -0.3 is 5.11 Å². The average Bonchev–Trinajstić information content (AvgIpc) is 2.07. The van der Waals surface area contributed by atoms with Gasteiger partial charge in [-0.1, -0.05) is 23.8 Å². The SMILES string of the molecule is C[C@]12C=CCC=C1CCC[C@H]2O. The zero-order chi connectivity index (χ0) is 8.60. The van der Waals surface area contributed by atoms with Crippen LogP contribution in [-0.2, 0) is 0 Å². The number of fused-ring (bicyclic) bond motifs is 1. The predicted octanol–water partition coefficient (Wildman–Crippen LogP) is 2.42. The fourth-order valence-electron chi connectivity index (χ4n) is 2.33. The Morgan fingerprint density at radius 2 is 2.42 bits per heavy atom. The Balaban J connectivity index is 2.32. The van der Waals surface area contributed by atoms with Crippen molar-refractivity contribution in [2.75, 3.05) is 0 Å². The van der Waals surface area contributed by atoms with Crippen molar-refractivity contribution in [1.82, 2.24) is 0 Å². The van der Waals surface area contributed by atoms with E-state index in [4.69, 9.17) is 0 Å². The summed E-state index contributed by atoms with van der Waals surface area (Å²) in [6, 6.07) is 0. The first-order valence-corrected chi connectivity index (χ1v) is 4.79. The quantitative estimate of drug-likeness (QED) is 0.545. The van der Waals surface area contributed by atoms with Gasteiger partial charge in [0.25, 0.3) is 0 Å². The standard InChI is InChI=1S/C11H16O/c1-11-8-3-2-5-9(11)6-4-7-10(11)12/h3,5,8,10,12H,2,4,6-7H2,1H3/t10-,11+/m1/s1. The molecule has 0 aromatic rings. The van der Waals surface area contributed by atoms with Crippen LogP contribution in [0.2, 0.25) is 0 Å². The molecule has 2 rings (SSSR count). The Morgan fingerprint density at radius 1 is 1.58 bits per heavy atom. The van der Waals surface area contributed by atoms with E-state index >= 15 is 0 Å². The molecule has 66 valence electrons. The summed E-state index contributed by atoms with van der Waals surface area (Å²) in [5.41, 5.74) is 1.42. The van der Waals surface area contributed by atoms with Crippen LogP contribution in [0.5, 0.6) is 0 Å². The molecule has 1 fully saturated rings. The molecule has 0 radical (unpaired) electrons. The first-order valence-electron chi connectivity index (χ1n) is 4.79. The lowest BCUT2D eigenvalue weighted by Gasteiger charge is -2.40. The van der Waals surface area contributed by atoms with E-state index in [-0.39, 0.29) is 11.5 Å². The number of hydrogen-bond acceptors (Lipinski definition) is 1. The normalized spacial score (nSPS) is 40.5. The van der Waals surface area contributed by atoms with Gasteiger partial charge in [0, 0.05) is 5.41 Å². The van der Waals surface area contributed by atoms with Gasteiger partial charge >= 0.3 is 0 Å². The molecular weight excluding hydrogens is 148 g/mol. The Bertz CT molecular complexity index is 239. The fraction of sp³-hybridized carbons (Fsp3) is 0.636. The minimum absolute atomic E-state index is 0.0312. The minimum Gasteiger partial charge on any atom is -0.392 e. The van der Waals surface area contributed by atoms with Crippen molar-refractivity contribution >= 4 is 0 Å². The van der Waals surface area contributed by atoms with Crippen molar-refractivity contribution in [3.63, 3.8) is 0 Å². The molecule has 0 saturated heterocycles. The molecule has 0 heterocycles. The van der Waals surface area contributed by atoms with Gasteiger partial charge in [-0.05, 0) is 32.6 Å². The third-order valence-electron chi connectivity index (χ3n) is 3.27. The third kappa shape index (κ3) is 1.04. The molecule has 0 amide bonds. The first-order chi connectivity index (χ1) is 5.73. The van der Waals surface area contributed by atoms with Gasteiger partial charge in [-0.25, -0.2) is 0 Å². The van der Waals surface area contributed by atoms with Crippen LogP contribution in [0.3, 0.4) is 0 Å². The number of aliphatic hydroxyl groups excluding tert-OH is 1. The van der Waals surface area contributed by atoms with Gasteiger partial charge in [0.05, 0.1) is 6.10 Å². The van der Waals surface area contributed by atoms with Crippen LogP contribution in [0, 0.1) is 5.41 Å². The van der Waals surface area contributed by atoms with Crippen LogP contribution < -0.4 is 0 Å². The number of aliphatic hydroxyl groups is 1. The highest BCUT2D eigenvalue weighted by Gasteiger charge is 2.37. The molecule has 0 aromatic heterocycles. The maximum Gasteiger partial charge on any atom is 0.0665 e. The van der Waals surface area contributed by atoms with Gasteiger partial charge in [-0.2, -0.15) is 0 Å². The number of allylic oxidation sites excluding steroid dienone is 2. The fourth-order valence-corrected chi connectivity index (χ4v) is 2.33. The second-order valence-corrected chi connectivity index (χ2v) is 4.06. The van der Waals surface area contributed by atoms with E-state index in [0.29, 0.717) is 0 Å². The Labute approximate surface area is 73.8 Å². The summed E-state index contributed by atoms with van der Waals surface area (Å²) in [5, 5.41) is 9.87. The molecule has 2 atom stereocenters. The molecule has 1 saturated carbocycles. The Hall–Kier alpha value is -0.560. The minimum atomic E-state index is -0.158.